The largest absolute Gasteiger partial charge is 0.241 e. The first-order valence-corrected chi connectivity index (χ1v) is 10.0. The first-order valence-electron chi connectivity index (χ1n) is 10.0. The Labute approximate surface area is 142 Å². The average Bonchev–Trinajstić information content (AvgIpc) is 2.62. The van der Waals surface area contributed by atoms with Crippen molar-refractivity contribution in [2.24, 2.45) is 23.7 Å². The maximum absolute atomic E-state index is 4.46. The van der Waals surface area contributed by atoms with E-state index in [1.807, 2.05) is 12.4 Å². The van der Waals surface area contributed by atoms with Gasteiger partial charge in [0, 0.05) is 18.8 Å². The van der Waals surface area contributed by atoms with Crippen LogP contribution in [0.15, 0.2) is 12.4 Å². The number of hydrogen-bond acceptors (Lipinski definition) is 2. The van der Waals surface area contributed by atoms with Gasteiger partial charge < -0.3 is 0 Å². The van der Waals surface area contributed by atoms with Crippen molar-refractivity contribution in [2.45, 2.75) is 84.5 Å². The van der Waals surface area contributed by atoms with Gasteiger partial charge in [-0.05, 0) is 68.3 Å². The van der Waals surface area contributed by atoms with Crippen molar-refractivity contribution in [3.8, 4) is 0 Å². The molecule has 0 amide bonds. The summed E-state index contributed by atoms with van der Waals surface area (Å²) < 4.78 is 0. The predicted molar refractivity (Wildman–Crippen MR) is 96.3 cm³/mol. The van der Waals surface area contributed by atoms with Crippen LogP contribution in [-0.4, -0.2) is 9.97 Å². The van der Waals surface area contributed by atoms with Gasteiger partial charge >= 0.3 is 0 Å². The number of nitrogens with zero attached hydrogens (tertiary/aromatic N) is 2. The van der Waals surface area contributed by atoms with Gasteiger partial charge in [0.1, 0.15) is 5.82 Å². The van der Waals surface area contributed by atoms with Gasteiger partial charge in [-0.15, -0.1) is 0 Å². The van der Waals surface area contributed by atoms with Crippen molar-refractivity contribution < 1.29 is 0 Å². The second kappa shape index (κ2) is 8.26. The summed E-state index contributed by atoms with van der Waals surface area (Å²) in [6.07, 6.45) is 19.6. The summed E-state index contributed by atoms with van der Waals surface area (Å²) in [5.74, 6) is 5.09. The molecule has 3 rings (SSSR count). The molecule has 0 saturated heterocycles. The topological polar surface area (TPSA) is 25.8 Å². The molecule has 1 aromatic rings. The number of hydrogen-bond donors (Lipinski definition) is 0. The minimum atomic E-state index is 0.920. The highest BCUT2D eigenvalue weighted by Crippen LogP contribution is 2.42. The second-order valence-corrected chi connectivity index (χ2v) is 8.19. The molecule has 2 saturated carbocycles. The molecule has 2 nitrogen and oxygen atoms in total. The Morgan fingerprint density at radius 2 is 1.35 bits per heavy atom. The maximum atomic E-state index is 4.46. The van der Waals surface area contributed by atoms with E-state index in [-0.39, 0.29) is 0 Å². The van der Waals surface area contributed by atoms with Crippen LogP contribution in [0.2, 0.25) is 0 Å². The molecule has 0 aliphatic heterocycles. The average molecular weight is 315 g/mol. The zero-order valence-electron chi connectivity index (χ0n) is 15.1. The first-order chi connectivity index (χ1) is 11.2. The Hall–Kier alpha value is -0.920. The molecule has 2 heteroatoms. The van der Waals surface area contributed by atoms with E-state index in [1.165, 1.54) is 64.2 Å². The van der Waals surface area contributed by atoms with Crippen molar-refractivity contribution in [1.82, 2.24) is 9.97 Å². The monoisotopic (exact) mass is 314 g/mol. The fourth-order valence-electron chi connectivity index (χ4n) is 4.90. The SMILES string of the molecule is CCC1CCC(C2CCC(CCc3ncc(C)cn3)CC2)CC1. The van der Waals surface area contributed by atoms with E-state index in [0.29, 0.717) is 0 Å². The number of aryl methyl sites for hydroxylation is 2. The molecule has 0 spiro atoms. The molecular formula is C21H34N2. The molecule has 2 aliphatic rings. The van der Waals surface area contributed by atoms with Crippen LogP contribution in [0.25, 0.3) is 0 Å². The van der Waals surface area contributed by atoms with E-state index >= 15 is 0 Å². The van der Waals surface area contributed by atoms with Gasteiger partial charge in [0.05, 0.1) is 0 Å². The first kappa shape index (κ1) is 16.9. The predicted octanol–water partition coefficient (Wildman–Crippen LogP) is 5.74. The molecule has 2 aliphatic carbocycles. The van der Waals surface area contributed by atoms with Crippen LogP contribution in [0.1, 0.15) is 82.5 Å². The smallest absolute Gasteiger partial charge is 0.128 e. The molecule has 1 aromatic heterocycles. The Morgan fingerprint density at radius 1 is 0.826 bits per heavy atom. The standard InChI is InChI=1S/C21H34N2/c1-3-17-4-9-19(10-5-17)20-11-6-18(7-12-20)8-13-21-22-14-16(2)15-23-21/h14-15,17-20H,3-13H2,1-2H3. The summed E-state index contributed by atoms with van der Waals surface area (Å²) in [5.41, 5.74) is 1.16. The molecule has 0 bridgehead atoms. The highest BCUT2D eigenvalue weighted by Gasteiger charge is 2.30. The molecule has 0 N–H and O–H groups in total. The van der Waals surface area contributed by atoms with Crippen molar-refractivity contribution in [1.29, 1.82) is 0 Å². The van der Waals surface area contributed by atoms with Gasteiger partial charge in [-0.25, -0.2) is 9.97 Å². The van der Waals surface area contributed by atoms with Crippen molar-refractivity contribution in [2.75, 3.05) is 0 Å². The molecule has 0 aromatic carbocycles. The summed E-state index contributed by atoms with van der Waals surface area (Å²) >= 11 is 0. The Kier molecular flexibility index (Phi) is 6.08. The lowest BCUT2D eigenvalue weighted by molar-refractivity contribution is 0.142. The van der Waals surface area contributed by atoms with Crippen LogP contribution in [0, 0.1) is 30.6 Å². The third-order valence-corrected chi connectivity index (χ3v) is 6.64. The van der Waals surface area contributed by atoms with Crippen molar-refractivity contribution in [3.63, 3.8) is 0 Å². The van der Waals surface area contributed by atoms with E-state index in [1.54, 1.807) is 0 Å². The molecule has 128 valence electrons. The van der Waals surface area contributed by atoms with Gasteiger partial charge in [0.2, 0.25) is 0 Å². The van der Waals surface area contributed by atoms with E-state index in [4.69, 9.17) is 0 Å². The fraction of sp³-hybridized carbons (Fsp3) is 0.810. The van der Waals surface area contributed by atoms with Crippen LogP contribution < -0.4 is 0 Å². The zero-order chi connectivity index (χ0) is 16.1. The molecule has 2 fully saturated rings. The summed E-state index contributed by atoms with van der Waals surface area (Å²) in [4.78, 5) is 8.91. The Morgan fingerprint density at radius 3 is 1.87 bits per heavy atom. The summed E-state index contributed by atoms with van der Waals surface area (Å²) in [6, 6.07) is 0. The minimum Gasteiger partial charge on any atom is -0.241 e. The van der Waals surface area contributed by atoms with Crippen LogP contribution in [0.4, 0.5) is 0 Å². The van der Waals surface area contributed by atoms with E-state index < -0.39 is 0 Å². The molecule has 0 radical (unpaired) electrons. The summed E-state index contributed by atoms with van der Waals surface area (Å²) in [6.45, 7) is 4.42. The van der Waals surface area contributed by atoms with Crippen molar-refractivity contribution >= 4 is 0 Å². The Bertz CT molecular complexity index is 451. The van der Waals surface area contributed by atoms with Crippen LogP contribution in [0.5, 0.6) is 0 Å². The molecule has 1 heterocycles. The Balaban J connectivity index is 1.38. The summed E-state index contributed by atoms with van der Waals surface area (Å²) in [7, 11) is 0. The molecular weight excluding hydrogens is 280 g/mol. The maximum Gasteiger partial charge on any atom is 0.128 e. The van der Waals surface area contributed by atoms with Crippen LogP contribution >= 0.6 is 0 Å². The third kappa shape index (κ3) is 4.78. The van der Waals surface area contributed by atoms with Gasteiger partial charge in [0.25, 0.3) is 0 Å². The van der Waals surface area contributed by atoms with Crippen LogP contribution in [-0.2, 0) is 6.42 Å². The van der Waals surface area contributed by atoms with E-state index in [2.05, 4.69) is 23.8 Å². The van der Waals surface area contributed by atoms with Gasteiger partial charge in [-0.1, -0.05) is 39.0 Å². The quantitative estimate of drug-likeness (QED) is 0.692. The highest BCUT2D eigenvalue weighted by atomic mass is 14.9. The fourth-order valence-corrected chi connectivity index (χ4v) is 4.90. The lowest BCUT2D eigenvalue weighted by atomic mass is 9.68. The second-order valence-electron chi connectivity index (χ2n) is 8.19. The van der Waals surface area contributed by atoms with E-state index in [9.17, 15) is 0 Å². The van der Waals surface area contributed by atoms with Gasteiger partial charge in [0.15, 0.2) is 0 Å². The summed E-state index contributed by atoms with van der Waals surface area (Å²) in [5, 5.41) is 0. The number of rotatable bonds is 5. The highest BCUT2D eigenvalue weighted by molar-refractivity contribution is 5.02. The lowest BCUT2D eigenvalue weighted by Gasteiger charge is -2.37. The molecule has 0 atom stereocenters. The normalized spacial score (nSPS) is 31.9. The van der Waals surface area contributed by atoms with E-state index in [0.717, 1.165) is 41.5 Å². The zero-order valence-corrected chi connectivity index (χ0v) is 15.1. The molecule has 0 unspecified atom stereocenters. The number of aromatic nitrogens is 2. The van der Waals surface area contributed by atoms with Gasteiger partial charge in [-0.3, -0.25) is 0 Å². The molecule has 23 heavy (non-hydrogen) atoms. The third-order valence-electron chi connectivity index (χ3n) is 6.64. The lowest BCUT2D eigenvalue weighted by Crippen LogP contribution is -2.26. The minimum absolute atomic E-state index is 0.920. The van der Waals surface area contributed by atoms with Crippen molar-refractivity contribution in [3.05, 3.63) is 23.8 Å². The van der Waals surface area contributed by atoms with Crippen LogP contribution in [0.3, 0.4) is 0 Å². The van der Waals surface area contributed by atoms with Gasteiger partial charge in [-0.2, -0.15) is 0 Å².